The van der Waals surface area contributed by atoms with Crippen LogP contribution < -0.4 is 0 Å². The number of rotatable bonds is 5. The molecule has 1 atom stereocenters. The minimum absolute atomic E-state index is 0.0158. The molecule has 0 aromatic carbocycles. The number of hydrogen-bond donors (Lipinski definition) is 2. The Morgan fingerprint density at radius 1 is 1.43 bits per heavy atom. The van der Waals surface area contributed by atoms with Gasteiger partial charge in [0.2, 0.25) is 0 Å². The van der Waals surface area contributed by atoms with E-state index in [1.165, 1.54) is 0 Å². The molecule has 0 amide bonds. The zero-order valence-electron chi connectivity index (χ0n) is 7.86. The minimum Gasteiger partial charge on any atom is -0.396 e. The maximum atomic E-state index is 9.38. The number of nitrogens with zero attached hydrogens (tertiary/aromatic N) is 1. The Labute approximate surface area is 88.4 Å². The molecule has 78 valence electrons. The molecule has 0 aliphatic rings. The monoisotopic (exact) mass is 215 g/mol. The van der Waals surface area contributed by atoms with Gasteiger partial charge in [0.15, 0.2) is 0 Å². The normalized spacial score (nSPS) is 12.8. The van der Waals surface area contributed by atoms with Gasteiger partial charge in [-0.3, -0.25) is 0 Å². The highest BCUT2D eigenvalue weighted by atomic mass is 35.5. The summed E-state index contributed by atoms with van der Waals surface area (Å²) in [6.45, 7) is 0.0158. The summed E-state index contributed by atoms with van der Waals surface area (Å²) < 4.78 is 0. The number of pyridine rings is 1. The Morgan fingerprint density at radius 3 is 2.86 bits per heavy atom. The molecule has 0 saturated heterocycles. The van der Waals surface area contributed by atoms with Gasteiger partial charge in [-0.2, -0.15) is 0 Å². The number of aliphatic hydroxyl groups excluding tert-OH is 2. The summed E-state index contributed by atoms with van der Waals surface area (Å²) in [5.41, 5.74) is 0.936. The largest absolute Gasteiger partial charge is 0.396 e. The van der Waals surface area contributed by atoms with Gasteiger partial charge in [0.1, 0.15) is 5.15 Å². The van der Waals surface area contributed by atoms with E-state index in [1.807, 2.05) is 12.1 Å². The zero-order chi connectivity index (χ0) is 10.4. The molecule has 4 heteroatoms. The van der Waals surface area contributed by atoms with Crippen molar-refractivity contribution < 1.29 is 10.2 Å². The molecule has 0 radical (unpaired) electrons. The highest BCUT2D eigenvalue weighted by Gasteiger charge is 2.05. The van der Waals surface area contributed by atoms with E-state index in [0.29, 0.717) is 24.4 Å². The van der Waals surface area contributed by atoms with E-state index in [-0.39, 0.29) is 6.61 Å². The standard InChI is InChI=1S/C10H14ClNO2/c11-10-8(2-1-6-12-10)3-4-9(14)5-7-13/h1-2,6,9,13-14H,3-5,7H2. The first-order valence-electron chi connectivity index (χ1n) is 4.62. The fraction of sp³-hybridized carbons (Fsp3) is 0.500. The van der Waals surface area contributed by atoms with Gasteiger partial charge in [0.05, 0.1) is 6.10 Å². The molecule has 2 N–H and O–H groups in total. The van der Waals surface area contributed by atoms with Gasteiger partial charge in [-0.25, -0.2) is 4.98 Å². The zero-order valence-corrected chi connectivity index (χ0v) is 8.61. The fourth-order valence-electron chi connectivity index (χ4n) is 1.22. The molecular weight excluding hydrogens is 202 g/mol. The maximum Gasteiger partial charge on any atom is 0.132 e. The van der Waals surface area contributed by atoms with Crippen LogP contribution in [0, 0.1) is 0 Å². The molecule has 0 aliphatic heterocycles. The second-order valence-electron chi connectivity index (χ2n) is 3.16. The molecule has 0 spiro atoms. The average molecular weight is 216 g/mol. The summed E-state index contributed by atoms with van der Waals surface area (Å²) in [7, 11) is 0. The van der Waals surface area contributed by atoms with E-state index in [1.54, 1.807) is 6.20 Å². The predicted octanol–water partition coefficient (Wildman–Crippen LogP) is 1.41. The van der Waals surface area contributed by atoms with Crippen molar-refractivity contribution in [1.29, 1.82) is 0 Å². The van der Waals surface area contributed by atoms with Crippen molar-refractivity contribution >= 4 is 11.6 Å². The van der Waals surface area contributed by atoms with Crippen molar-refractivity contribution in [3.05, 3.63) is 29.0 Å². The molecule has 3 nitrogen and oxygen atoms in total. The van der Waals surface area contributed by atoms with Crippen LogP contribution in [0.1, 0.15) is 18.4 Å². The Hall–Kier alpha value is -0.640. The van der Waals surface area contributed by atoms with Crippen LogP contribution in [0.15, 0.2) is 18.3 Å². The second kappa shape index (κ2) is 5.96. The van der Waals surface area contributed by atoms with E-state index in [9.17, 15) is 5.11 Å². The lowest BCUT2D eigenvalue weighted by Gasteiger charge is -2.08. The van der Waals surface area contributed by atoms with Gasteiger partial charge < -0.3 is 10.2 Å². The van der Waals surface area contributed by atoms with E-state index in [0.717, 1.165) is 5.56 Å². The lowest BCUT2D eigenvalue weighted by Crippen LogP contribution is -2.10. The summed E-state index contributed by atoms with van der Waals surface area (Å²) in [6.07, 6.45) is 2.88. The average Bonchev–Trinajstić information content (AvgIpc) is 2.17. The van der Waals surface area contributed by atoms with Gasteiger partial charge in [-0.1, -0.05) is 17.7 Å². The molecule has 0 bridgehead atoms. The molecular formula is C10H14ClNO2. The van der Waals surface area contributed by atoms with E-state index in [4.69, 9.17) is 16.7 Å². The van der Waals surface area contributed by atoms with E-state index in [2.05, 4.69) is 4.98 Å². The molecule has 1 unspecified atom stereocenters. The summed E-state index contributed by atoms with van der Waals surface area (Å²) in [5, 5.41) is 18.5. The van der Waals surface area contributed by atoms with Gasteiger partial charge in [-0.15, -0.1) is 0 Å². The first-order valence-corrected chi connectivity index (χ1v) is 5.00. The molecule has 14 heavy (non-hydrogen) atoms. The van der Waals surface area contributed by atoms with Crippen LogP contribution in [0.2, 0.25) is 5.15 Å². The van der Waals surface area contributed by atoms with Crippen LogP contribution in [0.25, 0.3) is 0 Å². The number of hydrogen-bond acceptors (Lipinski definition) is 3. The molecule has 0 saturated carbocycles. The smallest absolute Gasteiger partial charge is 0.132 e. The lowest BCUT2D eigenvalue weighted by molar-refractivity contribution is 0.125. The Balaban J connectivity index is 2.41. The van der Waals surface area contributed by atoms with Crippen LogP contribution in [0.4, 0.5) is 0 Å². The minimum atomic E-state index is -0.462. The van der Waals surface area contributed by atoms with Crippen molar-refractivity contribution in [3.63, 3.8) is 0 Å². The fourth-order valence-corrected chi connectivity index (χ4v) is 1.44. The van der Waals surface area contributed by atoms with Gasteiger partial charge >= 0.3 is 0 Å². The van der Waals surface area contributed by atoms with Crippen LogP contribution in [-0.2, 0) is 6.42 Å². The third kappa shape index (κ3) is 3.62. The van der Waals surface area contributed by atoms with Crippen LogP contribution >= 0.6 is 11.6 Å². The molecule has 1 aromatic heterocycles. The van der Waals surface area contributed by atoms with E-state index >= 15 is 0 Å². The SMILES string of the molecule is OCCC(O)CCc1cccnc1Cl. The van der Waals surface area contributed by atoms with Crippen molar-refractivity contribution in [2.75, 3.05) is 6.61 Å². The first-order chi connectivity index (χ1) is 6.74. The van der Waals surface area contributed by atoms with Crippen molar-refractivity contribution in [3.8, 4) is 0 Å². The Kier molecular flexibility index (Phi) is 4.87. The number of halogens is 1. The Morgan fingerprint density at radius 2 is 2.21 bits per heavy atom. The first kappa shape index (κ1) is 11.4. The van der Waals surface area contributed by atoms with Gasteiger partial charge in [-0.05, 0) is 30.9 Å². The molecule has 1 rings (SSSR count). The topological polar surface area (TPSA) is 53.4 Å². The summed E-state index contributed by atoms with van der Waals surface area (Å²) in [4.78, 5) is 3.94. The molecule has 1 aromatic rings. The molecule has 0 fully saturated rings. The third-order valence-electron chi connectivity index (χ3n) is 2.05. The van der Waals surface area contributed by atoms with E-state index < -0.39 is 6.10 Å². The number of aromatic nitrogens is 1. The highest BCUT2D eigenvalue weighted by molar-refractivity contribution is 6.30. The maximum absolute atomic E-state index is 9.38. The van der Waals surface area contributed by atoms with Crippen LogP contribution in [0.5, 0.6) is 0 Å². The number of aliphatic hydroxyl groups is 2. The van der Waals surface area contributed by atoms with Gasteiger partial charge in [0.25, 0.3) is 0 Å². The van der Waals surface area contributed by atoms with Crippen molar-refractivity contribution in [1.82, 2.24) is 4.98 Å². The molecule has 1 heterocycles. The van der Waals surface area contributed by atoms with Gasteiger partial charge in [0, 0.05) is 12.8 Å². The predicted molar refractivity (Wildman–Crippen MR) is 55.3 cm³/mol. The lowest BCUT2D eigenvalue weighted by atomic mass is 10.1. The summed E-state index contributed by atoms with van der Waals surface area (Å²) in [5.74, 6) is 0. The second-order valence-corrected chi connectivity index (χ2v) is 3.52. The Bertz CT molecular complexity index is 281. The molecule has 0 aliphatic carbocycles. The quantitative estimate of drug-likeness (QED) is 0.731. The van der Waals surface area contributed by atoms with Crippen molar-refractivity contribution in [2.45, 2.75) is 25.4 Å². The van der Waals surface area contributed by atoms with Crippen LogP contribution in [0.3, 0.4) is 0 Å². The van der Waals surface area contributed by atoms with Crippen LogP contribution in [-0.4, -0.2) is 27.9 Å². The van der Waals surface area contributed by atoms with Crippen molar-refractivity contribution in [2.24, 2.45) is 0 Å². The number of aryl methyl sites for hydroxylation is 1. The summed E-state index contributed by atoms with van der Waals surface area (Å²) >= 11 is 5.84. The summed E-state index contributed by atoms with van der Waals surface area (Å²) in [6, 6.07) is 3.71. The third-order valence-corrected chi connectivity index (χ3v) is 2.39. The highest BCUT2D eigenvalue weighted by Crippen LogP contribution is 2.14.